The number of hydrogen-bond donors (Lipinski definition) is 3. The third-order valence-corrected chi connectivity index (χ3v) is 7.03. The lowest BCUT2D eigenvalue weighted by Gasteiger charge is -2.52. The minimum atomic E-state index is 0.0732. The summed E-state index contributed by atoms with van der Waals surface area (Å²) in [5.74, 6) is 0.261. The van der Waals surface area contributed by atoms with E-state index in [-0.39, 0.29) is 16.8 Å². The maximum atomic E-state index is 9.69. The highest BCUT2D eigenvalue weighted by Crippen LogP contribution is 2.34. The second-order valence-corrected chi connectivity index (χ2v) is 9.49. The molecule has 166 valence electrons. The standard InChI is InChI=1S/C25H35N5O/c1-6-20-22-18(14-30-16-24(4,5)26-15-25(30,7-2)8-3)13-21(27-23(22)29-28-20)17-9-11-19(31)12-10-17/h9-13,26,31H,6-8,14-16H2,1-5H3,(H,27,28,29). The molecule has 0 radical (unpaired) electrons. The summed E-state index contributed by atoms with van der Waals surface area (Å²) in [4.78, 5) is 7.52. The highest BCUT2D eigenvalue weighted by Gasteiger charge is 2.41. The normalized spacial score (nSPS) is 18.5. The van der Waals surface area contributed by atoms with Gasteiger partial charge in [-0.3, -0.25) is 10.00 Å². The molecule has 6 heteroatoms. The Morgan fingerprint density at radius 3 is 2.45 bits per heavy atom. The number of pyridine rings is 1. The third kappa shape index (κ3) is 4.06. The van der Waals surface area contributed by atoms with Crippen LogP contribution in [-0.2, 0) is 13.0 Å². The van der Waals surface area contributed by atoms with Crippen molar-refractivity contribution >= 4 is 11.0 Å². The Balaban J connectivity index is 1.82. The van der Waals surface area contributed by atoms with Crippen molar-refractivity contribution in [3.63, 3.8) is 0 Å². The molecule has 1 aliphatic rings. The zero-order valence-electron chi connectivity index (χ0n) is 19.4. The van der Waals surface area contributed by atoms with Crippen LogP contribution in [0.4, 0.5) is 0 Å². The first kappa shape index (κ1) is 21.8. The van der Waals surface area contributed by atoms with Gasteiger partial charge in [0.2, 0.25) is 0 Å². The summed E-state index contributed by atoms with van der Waals surface area (Å²) < 4.78 is 0. The molecule has 6 nitrogen and oxygen atoms in total. The van der Waals surface area contributed by atoms with E-state index in [1.165, 1.54) is 5.56 Å². The molecule has 31 heavy (non-hydrogen) atoms. The number of phenolic OH excluding ortho intramolecular Hbond substituents is 1. The van der Waals surface area contributed by atoms with Crippen LogP contribution in [0.5, 0.6) is 5.75 Å². The minimum absolute atomic E-state index is 0.0732. The number of phenols is 1. The topological polar surface area (TPSA) is 77.1 Å². The number of nitrogens with zero attached hydrogens (tertiary/aromatic N) is 3. The van der Waals surface area contributed by atoms with Crippen LogP contribution < -0.4 is 5.32 Å². The van der Waals surface area contributed by atoms with Crippen LogP contribution in [0.1, 0.15) is 58.7 Å². The molecule has 0 aliphatic carbocycles. The summed E-state index contributed by atoms with van der Waals surface area (Å²) in [6.07, 6.45) is 3.11. The first-order chi connectivity index (χ1) is 14.8. The lowest BCUT2D eigenvalue weighted by atomic mass is 9.83. The van der Waals surface area contributed by atoms with Gasteiger partial charge in [0, 0.05) is 47.4 Å². The molecule has 0 saturated carbocycles. The molecule has 3 N–H and O–H groups in total. The fourth-order valence-corrected chi connectivity index (χ4v) is 4.92. The first-order valence-electron chi connectivity index (χ1n) is 11.5. The second-order valence-electron chi connectivity index (χ2n) is 9.49. The molecule has 0 amide bonds. The molecule has 0 atom stereocenters. The van der Waals surface area contributed by atoms with Crippen LogP contribution >= 0.6 is 0 Å². The SMILES string of the molecule is CCc1[nH]nc2nc(-c3ccc(O)cc3)cc(CN3CC(C)(C)NCC3(CC)CC)c12. The number of fused-ring (bicyclic) bond motifs is 1. The van der Waals surface area contributed by atoms with E-state index in [2.05, 4.69) is 61.1 Å². The van der Waals surface area contributed by atoms with Crippen molar-refractivity contribution in [2.75, 3.05) is 13.1 Å². The summed E-state index contributed by atoms with van der Waals surface area (Å²) in [6, 6.07) is 9.46. The van der Waals surface area contributed by atoms with Gasteiger partial charge in [0.1, 0.15) is 5.75 Å². The van der Waals surface area contributed by atoms with Gasteiger partial charge < -0.3 is 10.4 Å². The average molecular weight is 422 g/mol. The van der Waals surface area contributed by atoms with E-state index in [1.807, 2.05) is 12.1 Å². The van der Waals surface area contributed by atoms with Crippen molar-refractivity contribution in [3.05, 3.63) is 41.6 Å². The zero-order valence-corrected chi connectivity index (χ0v) is 19.4. The lowest BCUT2D eigenvalue weighted by Crippen LogP contribution is -2.67. The number of aromatic amines is 1. The summed E-state index contributed by atoms with van der Waals surface area (Å²) in [7, 11) is 0. The number of H-pyrrole nitrogens is 1. The van der Waals surface area contributed by atoms with Crippen LogP contribution in [0.15, 0.2) is 30.3 Å². The van der Waals surface area contributed by atoms with Gasteiger partial charge >= 0.3 is 0 Å². The van der Waals surface area contributed by atoms with Crippen molar-refractivity contribution in [1.82, 2.24) is 25.4 Å². The number of nitrogens with one attached hydrogen (secondary N) is 2. The summed E-state index contributed by atoms with van der Waals surface area (Å²) in [5, 5.41) is 22.4. The number of hydrogen-bond acceptors (Lipinski definition) is 5. The summed E-state index contributed by atoms with van der Waals surface area (Å²) in [5.41, 5.74) is 5.27. The molecule has 0 bridgehead atoms. The van der Waals surface area contributed by atoms with E-state index < -0.39 is 0 Å². The fraction of sp³-hybridized carbons (Fsp3) is 0.520. The van der Waals surface area contributed by atoms with Crippen LogP contribution in [0.25, 0.3) is 22.3 Å². The van der Waals surface area contributed by atoms with Crippen LogP contribution in [0, 0.1) is 0 Å². The van der Waals surface area contributed by atoms with E-state index in [4.69, 9.17) is 4.98 Å². The largest absolute Gasteiger partial charge is 0.508 e. The van der Waals surface area contributed by atoms with Crippen molar-refractivity contribution < 1.29 is 5.11 Å². The van der Waals surface area contributed by atoms with Gasteiger partial charge in [-0.05, 0) is 69.0 Å². The summed E-state index contributed by atoms with van der Waals surface area (Å²) in [6.45, 7) is 14.2. The Morgan fingerprint density at radius 2 is 1.81 bits per heavy atom. The van der Waals surface area contributed by atoms with Crippen molar-refractivity contribution in [1.29, 1.82) is 0 Å². The van der Waals surface area contributed by atoms with Gasteiger partial charge in [-0.1, -0.05) is 20.8 Å². The number of rotatable bonds is 6. The molecule has 4 rings (SSSR count). The van der Waals surface area contributed by atoms with Gasteiger partial charge in [0.15, 0.2) is 5.65 Å². The predicted molar refractivity (Wildman–Crippen MR) is 126 cm³/mol. The molecule has 1 saturated heterocycles. The van der Waals surface area contributed by atoms with Crippen molar-refractivity contribution in [3.8, 4) is 17.0 Å². The Hall–Kier alpha value is -2.44. The van der Waals surface area contributed by atoms with Gasteiger partial charge in [-0.15, -0.1) is 0 Å². The number of piperazine rings is 1. The van der Waals surface area contributed by atoms with Crippen LogP contribution in [0.2, 0.25) is 0 Å². The molecule has 1 aliphatic heterocycles. The molecule has 0 spiro atoms. The van der Waals surface area contributed by atoms with E-state index in [0.717, 1.165) is 66.9 Å². The number of aromatic hydroxyl groups is 1. The third-order valence-electron chi connectivity index (χ3n) is 7.03. The molecule has 1 aromatic carbocycles. The van der Waals surface area contributed by atoms with E-state index in [1.54, 1.807) is 12.1 Å². The first-order valence-corrected chi connectivity index (χ1v) is 11.5. The summed E-state index contributed by atoms with van der Waals surface area (Å²) >= 11 is 0. The highest BCUT2D eigenvalue weighted by atomic mass is 16.3. The second kappa shape index (κ2) is 8.24. The maximum absolute atomic E-state index is 9.69. The Morgan fingerprint density at radius 1 is 1.10 bits per heavy atom. The van der Waals surface area contributed by atoms with Crippen molar-refractivity contribution in [2.45, 2.75) is 71.5 Å². The minimum Gasteiger partial charge on any atom is -0.508 e. The molecule has 3 aromatic rings. The van der Waals surface area contributed by atoms with E-state index in [0.29, 0.717) is 0 Å². The molecular formula is C25H35N5O. The van der Waals surface area contributed by atoms with Crippen LogP contribution in [-0.4, -0.2) is 49.4 Å². The smallest absolute Gasteiger partial charge is 0.182 e. The number of benzene rings is 1. The average Bonchev–Trinajstić information content (AvgIpc) is 3.18. The molecule has 2 aromatic heterocycles. The molecule has 0 unspecified atom stereocenters. The Kier molecular flexibility index (Phi) is 5.79. The van der Waals surface area contributed by atoms with Gasteiger partial charge in [0.05, 0.1) is 5.69 Å². The zero-order chi connectivity index (χ0) is 22.2. The van der Waals surface area contributed by atoms with Crippen LogP contribution in [0.3, 0.4) is 0 Å². The number of aromatic nitrogens is 3. The van der Waals surface area contributed by atoms with Crippen molar-refractivity contribution in [2.24, 2.45) is 0 Å². The maximum Gasteiger partial charge on any atom is 0.182 e. The van der Waals surface area contributed by atoms with E-state index >= 15 is 0 Å². The van der Waals surface area contributed by atoms with E-state index in [9.17, 15) is 5.11 Å². The quantitative estimate of drug-likeness (QED) is 0.541. The van der Waals surface area contributed by atoms with Gasteiger partial charge in [-0.25, -0.2) is 4.98 Å². The monoisotopic (exact) mass is 421 g/mol. The molecular weight excluding hydrogens is 386 g/mol. The fourth-order valence-electron chi connectivity index (χ4n) is 4.92. The predicted octanol–water partition coefficient (Wildman–Crippen LogP) is 4.64. The van der Waals surface area contributed by atoms with Gasteiger partial charge in [0.25, 0.3) is 0 Å². The lowest BCUT2D eigenvalue weighted by molar-refractivity contribution is 0.00262. The molecule has 1 fully saturated rings. The highest BCUT2D eigenvalue weighted by molar-refractivity contribution is 5.84. The number of aryl methyl sites for hydroxylation is 1. The van der Waals surface area contributed by atoms with Gasteiger partial charge in [-0.2, -0.15) is 5.10 Å². The molecule has 3 heterocycles. The Labute approximate surface area is 185 Å². The Bertz CT molecular complexity index is 1050.